The van der Waals surface area contributed by atoms with Crippen LogP contribution in [0.25, 0.3) is 10.9 Å². The lowest BCUT2D eigenvalue weighted by atomic mass is 10.0. The third-order valence-corrected chi connectivity index (χ3v) is 4.75. The molecule has 1 heterocycles. The van der Waals surface area contributed by atoms with Crippen molar-refractivity contribution in [3.05, 3.63) is 88.8 Å². The fraction of sp³-hybridized carbons (Fsp3) is 0.296. The number of carboxylic acids is 1. The SMILES string of the molecule is C/C(=C\N=CCCc1ccc2ccccc2n1)COCc1cccc(C)c1C(=O)O.CC. The van der Waals surface area contributed by atoms with Gasteiger partial charge in [-0.1, -0.05) is 56.3 Å². The quantitative estimate of drug-likeness (QED) is 0.398. The van der Waals surface area contributed by atoms with Crippen LogP contribution in [0.3, 0.4) is 0 Å². The number of hydrogen-bond acceptors (Lipinski definition) is 4. The Morgan fingerprint density at radius 1 is 1.09 bits per heavy atom. The molecular weight excluding hydrogens is 400 g/mol. The van der Waals surface area contributed by atoms with Crippen molar-refractivity contribution in [2.45, 2.75) is 47.1 Å². The van der Waals surface area contributed by atoms with Crippen LogP contribution in [0.4, 0.5) is 0 Å². The molecule has 2 aromatic carbocycles. The number of para-hydroxylation sites is 1. The maximum Gasteiger partial charge on any atom is 0.336 e. The predicted octanol–water partition coefficient (Wildman–Crippen LogP) is 6.39. The Bertz CT molecular complexity index is 1090. The summed E-state index contributed by atoms with van der Waals surface area (Å²) in [5, 5.41) is 10.5. The first-order chi connectivity index (χ1) is 15.5. The highest BCUT2D eigenvalue weighted by Crippen LogP contribution is 2.16. The number of carbonyl (C=O) groups is 1. The molecule has 3 rings (SSSR count). The minimum atomic E-state index is -0.926. The molecule has 0 fully saturated rings. The van der Waals surface area contributed by atoms with Crippen LogP contribution in [-0.2, 0) is 17.8 Å². The lowest BCUT2D eigenvalue weighted by Crippen LogP contribution is -2.07. The van der Waals surface area contributed by atoms with Crippen LogP contribution in [0, 0.1) is 6.92 Å². The number of ether oxygens (including phenoxy) is 1. The Morgan fingerprint density at radius 3 is 2.66 bits per heavy atom. The van der Waals surface area contributed by atoms with Crippen molar-refractivity contribution < 1.29 is 14.6 Å². The molecular formula is C27H32N2O3. The number of rotatable bonds is 9. The van der Waals surface area contributed by atoms with E-state index in [9.17, 15) is 9.90 Å². The molecule has 0 spiro atoms. The summed E-state index contributed by atoms with van der Waals surface area (Å²) in [5.41, 5.74) is 4.78. The largest absolute Gasteiger partial charge is 0.478 e. The summed E-state index contributed by atoms with van der Waals surface area (Å²) >= 11 is 0. The molecule has 0 radical (unpaired) electrons. The Hall–Kier alpha value is -3.31. The highest BCUT2D eigenvalue weighted by atomic mass is 16.5. The van der Waals surface area contributed by atoms with Gasteiger partial charge >= 0.3 is 5.97 Å². The van der Waals surface area contributed by atoms with Gasteiger partial charge in [-0.15, -0.1) is 0 Å². The summed E-state index contributed by atoms with van der Waals surface area (Å²) in [6.07, 6.45) is 5.30. The summed E-state index contributed by atoms with van der Waals surface area (Å²) in [6, 6.07) is 17.7. The number of aryl methyl sites for hydroxylation is 2. The van der Waals surface area contributed by atoms with Crippen LogP contribution < -0.4 is 0 Å². The van der Waals surface area contributed by atoms with Crippen LogP contribution in [0.15, 0.2) is 71.4 Å². The van der Waals surface area contributed by atoms with Crippen LogP contribution in [-0.4, -0.2) is 28.9 Å². The molecule has 0 atom stereocenters. The molecule has 32 heavy (non-hydrogen) atoms. The molecule has 0 bridgehead atoms. The van der Waals surface area contributed by atoms with Crippen molar-refractivity contribution in [1.82, 2.24) is 4.98 Å². The molecule has 1 N–H and O–H groups in total. The van der Waals surface area contributed by atoms with Crippen molar-refractivity contribution >= 4 is 23.1 Å². The number of aromatic carboxylic acids is 1. The van der Waals surface area contributed by atoms with Gasteiger partial charge in [0, 0.05) is 23.5 Å². The maximum atomic E-state index is 11.4. The van der Waals surface area contributed by atoms with E-state index in [1.807, 2.05) is 51.3 Å². The molecule has 0 saturated carbocycles. The Morgan fingerprint density at radius 2 is 1.88 bits per heavy atom. The molecule has 0 aliphatic rings. The van der Waals surface area contributed by atoms with E-state index in [2.05, 4.69) is 28.2 Å². The zero-order valence-corrected chi connectivity index (χ0v) is 19.3. The molecule has 5 nitrogen and oxygen atoms in total. The van der Waals surface area contributed by atoms with E-state index in [0.29, 0.717) is 17.7 Å². The van der Waals surface area contributed by atoms with Crippen LogP contribution in [0.5, 0.6) is 0 Å². The number of carboxylic acid groups (broad SMARTS) is 1. The van der Waals surface area contributed by atoms with Gasteiger partial charge in [-0.3, -0.25) is 9.98 Å². The standard InChI is InChI=1S/C25H26N2O3.C2H6/c1-18(16-30-17-21-9-5-7-19(2)24(21)25(28)29)15-26-14-6-10-22-13-12-20-8-3-4-11-23(20)27-22;1-2/h3-5,7-9,11-15H,6,10,16-17H2,1-2H3,(H,28,29);1-2H3/b18-15+,26-14?;. The highest BCUT2D eigenvalue weighted by Gasteiger charge is 2.12. The molecule has 0 amide bonds. The second-order valence-corrected chi connectivity index (χ2v) is 7.25. The van der Waals surface area contributed by atoms with E-state index in [1.54, 1.807) is 25.3 Å². The summed E-state index contributed by atoms with van der Waals surface area (Å²) in [4.78, 5) is 20.4. The minimum absolute atomic E-state index is 0.256. The van der Waals surface area contributed by atoms with Crippen molar-refractivity contribution in [3.63, 3.8) is 0 Å². The van der Waals surface area contributed by atoms with E-state index in [-0.39, 0.29) is 6.61 Å². The first-order valence-corrected chi connectivity index (χ1v) is 11.0. The summed E-state index contributed by atoms with van der Waals surface area (Å²) < 4.78 is 5.68. The minimum Gasteiger partial charge on any atom is -0.478 e. The number of aromatic nitrogens is 1. The van der Waals surface area contributed by atoms with Gasteiger partial charge in [0.25, 0.3) is 0 Å². The van der Waals surface area contributed by atoms with Gasteiger partial charge in [0.2, 0.25) is 0 Å². The number of nitrogens with zero attached hydrogens (tertiary/aromatic N) is 2. The van der Waals surface area contributed by atoms with Gasteiger partial charge in [-0.05, 0) is 55.5 Å². The molecule has 168 valence electrons. The average molecular weight is 433 g/mol. The van der Waals surface area contributed by atoms with E-state index < -0.39 is 5.97 Å². The van der Waals surface area contributed by atoms with E-state index in [0.717, 1.165) is 40.6 Å². The summed E-state index contributed by atoms with van der Waals surface area (Å²) in [5.74, 6) is -0.926. The number of benzene rings is 2. The highest BCUT2D eigenvalue weighted by molar-refractivity contribution is 5.91. The van der Waals surface area contributed by atoms with Gasteiger partial charge in [-0.2, -0.15) is 0 Å². The molecule has 1 aromatic heterocycles. The topological polar surface area (TPSA) is 71.8 Å². The van der Waals surface area contributed by atoms with E-state index in [4.69, 9.17) is 4.74 Å². The fourth-order valence-electron chi connectivity index (χ4n) is 3.23. The third-order valence-electron chi connectivity index (χ3n) is 4.75. The van der Waals surface area contributed by atoms with Crippen LogP contribution in [0.2, 0.25) is 0 Å². The predicted molar refractivity (Wildman–Crippen MR) is 131 cm³/mol. The number of hydrogen-bond donors (Lipinski definition) is 1. The van der Waals surface area contributed by atoms with Crippen LogP contribution in [0.1, 0.15) is 54.4 Å². The first kappa shape index (κ1) is 25.0. The normalized spacial score (nSPS) is 11.4. The average Bonchev–Trinajstić information content (AvgIpc) is 2.80. The van der Waals surface area contributed by atoms with Crippen molar-refractivity contribution in [3.8, 4) is 0 Å². The number of fused-ring (bicyclic) bond motifs is 1. The molecule has 0 aliphatic carbocycles. The van der Waals surface area contributed by atoms with Crippen molar-refractivity contribution in [1.29, 1.82) is 0 Å². The number of aliphatic imine (C=N–C) groups is 1. The van der Waals surface area contributed by atoms with Crippen LogP contribution >= 0.6 is 0 Å². The molecule has 5 heteroatoms. The van der Waals surface area contributed by atoms with E-state index in [1.165, 1.54) is 0 Å². The molecule has 3 aromatic rings. The van der Waals surface area contributed by atoms with Gasteiger partial charge in [0.1, 0.15) is 0 Å². The van der Waals surface area contributed by atoms with Gasteiger partial charge in [-0.25, -0.2) is 4.79 Å². The third kappa shape index (κ3) is 7.43. The maximum absolute atomic E-state index is 11.4. The van der Waals surface area contributed by atoms with Gasteiger partial charge < -0.3 is 9.84 Å². The zero-order chi connectivity index (χ0) is 23.3. The van der Waals surface area contributed by atoms with Crippen molar-refractivity contribution in [2.75, 3.05) is 6.61 Å². The van der Waals surface area contributed by atoms with Gasteiger partial charge in [0.15, 0.2) is 0 Å². The second kappa shape index (κ2) is 13.2. The fourth-order valence-corrected chi connectivity index (χ4v) is 3.23. The zero-order valence-electron chi connectivity index (χ0n) is 19.3. The van der Waals surface area contributed by atoms with E-state index >= 15 is 0 Å². The lowest BCUT2D eigenvalue weighted by molar-refractivity contribution is 0.0688. The second-order valence-electron chi connectivity index (χ2n) is 7.25. The number of pyridine rings is 1. The Balaban J connectivity index is 0.00000176. The molecule has 0 saturated heterocycles. The Kier molecular flexibility index (Phi) is 10.3. The first-order valence-electron chi connectivity index (χ1n) is 11.0. The Labute approximate surface area is 190 Å². The smallest absolute Gasteiger partial charge is 0.336 e. The lowest BCUT2D eigenvalue weighted by Gasteiger charge is -2.09. The molecule has 0 unspecified atom stereocenters. The summed E-state index contributed by atoms with van der Waals surface area (Å²) in [6.45, 7) is 8.39. The molecule has 0 aliphatic heterocycles. The van der Waals surface area contributed by atoms with Crippen molar-refractivity contribution in [2.24, 2.45) is 4.99 Å². The summed E-state index contributed by atoms with van der Waals surface area (Å²) in [7, 11) is 0. The van der Waals surface area contributed by atoms with Gasteiger partial charge in [0.05, 0.1) is 24.3 Å². The monoisotopic (exact) mass is 432 g/mol.